The first-order valence-electron chi connectivity index (χ1n) is 13.1. The summed E-state index contributed by atoms with van der Waals surface area (Å²) >= 11 is 2.14. The van der Waals surface area contributed by atoms with Crippen molar-refractivity contribution in [3.8, 4) is 0 Å². The first kappa shape index (κ1) is 27.5. The third-order valence-corrected chi connectivity index (χ3v) is 7.95. The van der Waals surface area contributed by atoms with E-state index in [9.17, 15) is 0 Å². The van der Waals surface area contributed by atoms with Crippen LogP contribution in [0.3, 0.4) is 0 Å². The molecule has 0 aromatic heterocycles. The highest BCUT2D eigenvalue weighted by Gasteiger charge is 2.30. The van der Waals surface area contributed by atoms with Crippen LogP contribution in [-0.4, -0.2) is 4.75 Å². The van der Waals surface area contributed by atoms with Crippen LogP contribution in [0, 0.1) is 0 Å². The molecular weight excluding hydrogens is 416 g/mol. The Morgan fingerprint density at radius 1 is 0.909 bits per heavy atom. The molecule has 1 aliphatic heterocycles. The summed E-state index contributed by atoms with van der Waals surface area (Å²) < 4.78 is 0.277. The van der Waals surface area contributed by atoms with Crippen LogP contribution in [0.4, 0.5) is 0 Å². The van der Waals surface area contributed by atoms with Gasteiger partial charge >= 0.3 is 0 Å². The number of hydrogen-bond donors (Lipinski definition) is 0. The minimum absolute atomic E-state index is 0.223. The average molecular weight is 463 g/mol. The SMILES string of the molecule is CC.CC.CC1(CCCc2cccc(C(C)(C)C)c2)CC=CC2=C(S1)c1ccccc1CC2. The summed E-state index contributed by atoms with van der Waals surface area (Å²) in [5, 5.41) is 0. The van der Waals surface area contributed by atoms with Crippen molar-refractivity contribution in [2.45, 2.75) is 104 Å². The van der Waals surface area contributed by atoms with Crippen molar-refractivity contribution in [3.63, 3.8) is 0 Å². The van der Waals surface area contributed by atoms with E-state index in [-0.39, 0.29) is 10.2 Å². The van der Waals surface area contributed by atoms with Gasteiger partial charge < -0.3 is 0 Å². The van der Waals surface area contributed by atoms with Gasteiger partial charge in [0.15, 0.2) is 0 Å². The number of allylic oxidation sites excluding steroid dienone is 3. The van der Waals surface area contributed by atoms with Gasteiger partial charge in [0.25, 0.3) is 0 Å². The van der Waals surface area contributed by atoms with E-state index in [4.69, 9.17) is 0 Å². The lowest BCUT2D eigenvalue weighted by molar-refractivity contribution is 0.564. The maximum absolute atomic E-state index is 2.47. The lowest BCUT2D eigenvalue weighted by Crippen LogP contribution is -2.19. The molecule has 0 spiro atoms. The van der Waals surface area contributed by atoms with Crippen LogP contribution in [0.1, 0.15) is 103 Å². The molecule has 0 bridgehead atoms. The summed E-state index contributed by atoms with van der Waals surface area (Å²) in [4.78, 5) is 1.54. The van der Waals surface area contributed by atoms with Crippen molar-refractivity contribution in [2.75, 3.05) is 0 Å². The van der Waals surface area contributed by atoms with E-state index in [0.29, 0.717) is 0 Å². The Morgan fingerprint density at radius 2 is 1.64 bits per heavy atom. The molecule has 1 atom stereocenters. The van der Waals surface area contributed by atoms with Crippen molar-refractivity contribution in [2.24, 2.45) is 0 Å². The molecule has 0 N–H and O–H groups in total. The zero-order valence-corrected chi connectivity index (χ0v) is 23.2. The van der Waals surface area contributed by atoms with E-state index in [1.165, 1.54) is 59.3 Å². The summed E-state index contributed by atoms with van der Waals surface area (Å²) in [7, 11) is 0. The molecule has 1 unspecified atom stereocenters. The van der Waals surface area contributed by atoms with Crippen LogP contribution in [0.15, 0.2) is 66.3 Å². The fourth-order valence-electron chi connectivity index (χ4n) is 4.55. The van der Waals surface area contributed by atoms with Crippen LogP contribution >= 0.6 is 11.8 Å². The predicted octanol–water partition coefficient (Wildman–Crippen LogP) is 10.2. The minimum Gasteiger partial charge on any atom is -0.118 e. The molecule has 2 aromatic rings. The zero-order valence-electron chi connectivity index (χ0n) is 22.4. The van der Waals surface area contributed by atoms with Gasteiger partial charge in [-0.25, -0.2) is 0 Å². The quantitative estimate of drug-likeness (QED) is 0.435. The van der Waals surface area contributed by atoms with Crippen molar-refractivity contribution >= 4 is 16.7 Å². The molecule has 0 fully saturated rings. The number of rotatable bonds is 4. The zero-order chi connectivity index (χ0) is 24.5. The van der Waals surface area contributed by atoms with Gasteiger partial charge in [-0.15, -0.1) is 11.8 Å². The van der Waals surface area contributed by atoms with Gasteiger partial charge in [0.05, 0.1) is 0 Å². The van der Waals surface area contributed by atoms with E-state index in [0.717, 1.165) is 6.42 Å². The Balaban J connectivity index is 0.000000914. The van der Waals surface area contributed by atoms with Gasteiger partial charge in [0, 0.05) is 9.65 Å². The molecule has 0 nitrogen and oxygen atoms in total. The molecule has 1 aliphatic carbocycles. The van der Waals surface area contributed by atoms with Gasteiger partial charge in [-0.05, 0) is 78.7 Å². The number of hydrogen-bond acceptors (Lipinski definition) is 1. The maximum atomic E-state index is 2.47. The fraction of sp³-hybridized carbons (Fsp3) is 0.500. The largest absolute Gasteiger partial charge is 0.118 e. The Kier molecular flexibility index (Phi) is 10.6. The molecule has 0 saturated carbocycles. The lowest BCUT2D eigenvalue weighted by Gasteiger charge is -2.31. The monoisotopic (exact) mass is 462 g/mol. The van der Waals surface area contributed by atoms with Gasteiger partial charge in [0.2, 0.25) is 0 Å². The van der Waals surface area contributed by atoms with Crippen molar-refractivity contribution in [1.82, 2.24) is 0 Å². The van der Waals surface area contributed by atoms with Crippen LogP contribution in [0.25, 0.3) is 4.91 Å². The van der Waals surface area contributed by atoms with Crippen LogP contribution in [-0.2, 0) is 18.3 Å². The first-order valence-corrected chi connectivity index (χ1v) is 13.9. The smallest absolute Gasteiger partial charge is 0.0214 e. The molecule has 0 radical (unpaired) electrons. The van der Waals surface area contributed by atoms with Crippen molar-refractivity contribution in [3.05, 3.63) is 88.5 Å². The summed E-state index contributed by atoms with van der Waals surface area (Å²) in [6.45, 7) is 17.4. The van der Waals surface area contributed by atoms with Crippen molar-refractivity contribution < 1.29 is 0 Å². The molecule has 180 valence electrons. The molecular formula is C32H46S. The van der Waals surface area contributed by atoms with Crippen LogP contribution in [0.5, 0.6) is 0 Å². The van der Waals surface area contributed by atoms with Gasteiger partial charge in [-0.3, -0.25) is 0 Å². The van der Waals surface area contributed by atoms with E-state index >= 15 is 0 Å². The summed E-state index contributed by atoms with van der Waals surface area (Å²) in [5.41, 5.74) is 7.71. The van der Waals surface area contributed by atoms with Crippen LogP contribution < -0.4 is 0 Å². The number of benzene rings is 2. The molecule has 1 heteroatoms. The third kappa shape index (κ3) is 7.38. The predicted molar refractivity (Wildman–Crippen MR) is 152 cm³/mol. The van der Waals surface area contributed by atoms with Gasteiger partial charge in [0.1, 0.15) is 0 Å². The molecule has 33 heavy (non-hydrogen) atoms. The fourth-order valence-corrected chi connectivity index (χ4v) is 6.08. The third-order valence-electron chi connectivity index (χ3n) is 6.40. The van der Waals surface area contributed by atoms with Gasteiger partial charge in [-0.1, -0.05) is 109 Å². The maximum Gasteiger partial charge on any atom is 0.0214 e. The number of thioether (sulfide) groups is 1. The van der Waals surface area contributed by atoms with Crippen LogP contribution in [0.2, 0.25) is 0 Å². The van der Waals surface area contributed by atoms with E-state index < -0.39 is 0 Å². The summed E-state index contributed by atoms with van der Waals surface area (Å²) in [5.74, 6) is 0. The molecule has 2 aliphatic rings. The molecule has 1 heterocycles. The second-order valence-electron chi connectivity index (χ2n) is 9.97. The molecule has 2 aromatic carbocycles. The average Bonchev–Trinajstić information content (AvgIpc) is 3.00. The second-order valence-corrected chi connectivity index (χ2v) is 11.6. The standard InChI is InChI=1S/C28H34S.2C2H6/c1-27(2,3)24-14-7-10-21(20-24)11-8-18-28(4)19-9-13-23-17-16-22-12-5-6-15-25(22)26(23)29-28;2*1-2/h5-7,9-10,12-15,20H,8,11,16-19H2,1-4H3;2*1-2H3. The highest BCUT2D eigenvalue weighted by atomic mass is 32.2. The molecule has 0 saturated heterocycles. The Hall–Kier alpha value is -1.73. The van der Waals surface area contributed by atoms with Gasteiger partial charge in [-0.2, -0.15) is 0 Å². The molecule has 0 amide bonds. The van der Waals surface area contributed by atoms with E-state index in [1.807, 2.05) is 27.7 Å². The van der Waals surface area contributed by atoms with E-state index in [1.54, 1.807) is 5.57 Å². The second kappa shape index (κ2) is 12.7. The highest BCUT2D eigenvalue weighted by molar-refractivity contribution is 8.09. The summed E-state index contributed by atoms with van der Waals surface area (Å²) in [6.07, 6.45) is 12.0. The number of fused-ring (bicyclic) bond motifs is 2. The Morgan fingerprint density at radius 3 is 2.36 bits per heavy atom. The topological polar surface area (TPSA) is 0 Å². The molecule has 4 rings (SSSR count). The highest BCUT2D eigenvalue weighted by Crippen LogP contribution is 2.50. The normalized spacial score (nSPS) is 19.3. The minimum atomic E-state index is 0.223. The Bertz CT molecular complexity index is 941. The number of aryl methyl sites for hydroxylation is 2. The first-order chi connectivity index (χ1) is 15.8. The lowest BCUT2D eigenvalue weighted by atomic mass is 9.85. The van der Waals surface area contributed by atoms with E-state index in [2.05, 4.69) is 100 Å². The van der Waals surface area contributed by atoms with Crippen molar-refractivity contribution in [1.29, 1.82) is 0 Å². The Labute approximate surface area is 209 Å². The summed E-state index contributed by atoms with van der Waals surface area (Å²) in [6, 6.07) is 18.2.